The number of aromatic nitrogens is 2. The fourth-order valence-electron chi connectivity index (χ4n) is 5.35. The predicted molar refractivity (Wildman–Crippen MR) is 159 cm³/mol. The van der Waals surface area contributed by atoms with Gasteiger partial charge in [-0.15, -0.1) is 0 Å². The van der Waals surface area contributed by atoms with Crippen LogP contribution < -0.4 is 0 Å². The summed E-state index contributed by atoms with van der Waals surface area (Å²) in [5.74, 6) is 0.343. The second-order valence-corrected chi connectivity index (χ2v) is 9.40. The van der Waals surface area contributed by atoms with E-state index in [9.17, 15) is 10.2 Å². The average Bonchev–Trinajstić information content (AvgIpc) is 3.31. The van der Waals surface area contributed by atoms with Gasteiger partial charge in [0.1, 0.15) is 11.5 Å². The van der Waals surface area contributed by atoms with E-state index < -0.39 is 0 Å². The third kappa shape index (κ3) is 4.25. The molecule has 0 bridgehead atoms. The molecule has 0 unspecified atom stereocenters. The molecule has 0 aliphatic rings. The molecule has 0 saturated carbocycles. The Hall–Kier alpha value is -4.73. The molecular weight excluding hydrogens is 677 g/mol. The number of aromatic hydroxyl groups is 2. The maximum Gasteiger partial charge on any atom is 0.127 e. The van der Waals surface area contributed by atoms with Crippen LogP contribution in [0.5, 0.6) is 11.5 Å². The van der Waals surface area contributed by atoms with E-state index in [1.807, 2.05) is 84.9 Å². The van der Waals surface area contributed by atoms with Crippen molar-refractivity contribution in [2.24, 2.45) is 4.99 Å². The van der Waals surface area contributed by atoms with Crippen molar-refractivity contribution in [3.05, 3.63) is 127 Å². The minimum Gasteiger partial charge on any atom is -0.507 e. The second kappa shape index (κ2) is 10.4. The molecule has 196 valence electrons. The smallest absolute Gasteiger partial charge is 0.127 e. The van der Waals surface area contributed by atoms with Crippen molar-refractivity contribution in [1.29, 1.82) is 0 Å². The van der Waals surface area contributed by atoms with E-state index in [2.05, 4.69) is 33.8 Å². The Balaban J connectivity index is 0.00000289. The predicted octanol–water partition coefficient (Wildman–Crippen LogP) is 8.16. The summed E-state index contributed by atoms with van der Waals surface area (Å²) in [6.45, 7) is 0. The number of rotatable bonds is 4. The monoisotopic (exact) mass is 700 g/mol. The molecule has 0 spiro atoms. The summed E-state index contributed by atoms with van der Waals surface area (Å²) in [7, 11) is 0. The van der Waals surface area contributed by atoms with Gasteiger partial charge in [-0.25, -0.2) is 4.98 Å². The molecule has 0 aliphatic heterocycles. The first-order valence-corrected chi connectivity index (χ1v) is 12.7. The number of phenolic OH excluding ortho intramolecular Hbond substituents is 2. The van der Waals surface area contributed by atoms with Crippen LogP contribution in [-0.4, -0.2) is 26.0 Å². The van der Waals surface area contributed by atoms with Gasteiger partial charge in [-0.1, -0.05) is 66.7 Å². The topological polar surface area (TPSA) is 70.6 Å². The number of hydrogen-bond acceptors (Lipinski definition) is 4. The summed E-state index contributed by atoms with van der Waals surface area (Å²) in [5.41, 5.74) is 5.55. The summed E-state index contributed by atoms with van der Waals surface area (Å²) in [4.78, 5) is 9.56. The molecule has 7 rings (SSSR count). The van der Waals surface area contributed by atoms with E-state index in [0.29, 0.717) is 28.0 Å². The maximum atomic E-state index is 11.2. The van der Waals surface area contributed by atoms with E-state index >= 15 is 0 Å². The first-order valence-electron chi connectivity index (χ1n) is 12.7. The normalized spacial score (nSPS) is 11.4. The zero-order valence-corrected chi connectivity index (χ0v) is 23.4. The first kappa shape index (κ1) is 25.5. The zero-order valence-electron chi connectivity index (χ0n) is 21.2. The molecule has 5 aromatic carbocycles. The second-order valence-electron chi connectivity index (χ2n) is 9.40. The summed E-state index contributed by atoms with van der Waals surface area (Å²) < 4.78 is 2.18. The molecule has 0 aliphatic carbocycles. The van der Waals surface area contributed by atoms with Gasteiger partial charge in [0.15, 0.2) is 0 Å². The summed E-state index contributed by atoms with van der Waals surface area (Å²) in [6.07, 6.45) is 1.69. The van der Waals surface area contributed by atoms with Gasteiger partial charge in [-0.3, -0.25) is 4.99 Å². The quantitative estimate of drug-likeness (QED) is 0.182. The van der Waals surface area contributed by atoms with E-state index in [-0.39, 0.29) is 32.6 Å². The van der Waals surface area contributed by atoms with Crippen molar-refractivity contribution >= 4 is 44.5 Å². The minimum atomic E-state index is 0. The van der Waals surface area contributed by atoms with Crippen LogP contribution in [0.3, 0.4) is 0 Å². The Bertz CT molecular complexity index is 2040. The number of phenols is 2. The molecule has 0 saturated heterocycles. The molecule has 2 aromatic heterocycles. The van der Waals surface area contributed by atoms with Gasteiger partial charge >= 0.3 is 0 Å². The van der Waals surface area contributed by atoms with Crippen molar-refractivity contribution < 1.29 is 31.3 Å². The van der Waals surface area contributed by atoms with Gasteiger partial charge in [0.05, 0.1) is 39.9 Å². The molecule has 6 heteroatoms. The molecule has 2 heterocycles. The number of benzene rings is 5. The molecular formula is C34H23N3O2Pt. The van der Waals surface area contributed by atoms with Crippen molar-refractivity contribution in [3.63, 3.8) is 0 Å². The average molecular weight is 701 g/mol. The number of pyridine rings is 1. The van der Waals surface area contributed by atoms with Crippen LogP contribution in [-0.2, 0) is 21.1 Å². The number of fused-ring (bicyclic) bond motifs is 4. The van der Waals surface area contributed by atoms with Crippen molar-refractivity contribution in [3.8, 4) is 28.4 Å². The molecule has 40 heavy (non-hydrogen) atoms. The Morgan fingerprint density at radius 1 is 0.650 bits per heavy atom. The van der Waals surface area contributed by atoms with Crippen LogP contribution in [0.1, 0.15) is 5.69 Å². The Kier molecular flexibility index (Phi) is 6.67. The number of nitrogens with zero attached hydrogens (tertiary/aromatic N) is 3. The maximum absolute atomic E-state index is 11.2. The molecule has 0 amide bonds. The van der Waals surface area contributed by atoms with Gasteiger partial charge in [0.2, 0.25) is 0 Å². The molecule has 0 atom stereocenters. The van der Waals surface area contributed by atoms with Crippen LogP contribution in [0.15, 0.2) is 126 Å². The van der Waals surface area contributed by atoms with E-state index in [1.54, 1.807) is 18.3 Å². The minimum absolute atomic E-state index is 0. The van der Waals surface area contributed by atoms with Crippen molar-refractivity contribution in [1.82, 2.24) is 9.55 Å². The summed E-state index contributed by atoms with van der Waals surface area (Å²) >= 11 is 0. The van der Waals surface area contributed by atoms with Crippen LogP contribution in [0, 0.1) is 0 Å². The molecule has 5 nitrogen and oxygen atoms in total. The summed E-state index contributed by atoms with van der Waals surface area (Å²) in [6, 6.07) is 39.0. The van der Waals surface area contributed by atoms with Gasteiger partial charge < -0.3 is 14.8 Å². The van der Waals surface area contributed by atoms with Gasteiger partial charge in [0, 0.05) is 42.9 Å². The standard InChI is InChI=1S/C34H23N3O2.Pt/c38-30-18-7-10-22-9-6-15-27(32(22)30)35-21-23-11-8-16-28(36-23)33-31(39)20-19-26-25-14-4-5-17-29(25)37(34(26)33)24-12-2-1-3-13-24;/h1-21,38-39H;. The number of para-hydroxylation sites is 2. The van der Waals surface area contributed by atoms with Crippen LogP contribution in [0.4, 0.5) is 5.69 Å². The van der Waals surface area contributed by atoms with E-state index in [4.69, 9.17) is 4.98 Å². The summed E-state index contributed by atoms with van der Waals surface area (Å²) in [5, 5.41) is 25.4. The largest absolute Gasteiger partial charge is 0.507 e. The van der Waals surface area contributed by atoms with Crippen LogP contribution in [0.25, 0.3) is 49.5 Å². The third-order valence-electron chi connectivity index (χ3n) is 7.05. The Morgan fingerprint density at radius 3 is 2.25 bits per heavy atom. The molecule has 2 N–H and O–H groups in total. The molecule has 0 fully saturated rings. The third-order valence-corrected chi connectivity index (χ3v) is 7.05. The van der Waals surface area contributed by atoms with Crippen LogP contribution in [0.2, 0.25) is 0 Å². The Morgan fingerprint density at radius 2 is 1.40 bits per heavy atom. The van der Waals surface area contributed by atoms with Gasteiger partial charge in [-0.2, -0.15) is 0 Å². The fraction of sp³-hybridized carbons (Fsp3) is 0. The van der Waals surface area contributed by atoms with Gasteiger partial charge in [0.25, 0.3) is 0 Å². The van der Waals surface area contributed by atoms with E-state index in [0.717, 1.165) is 32.9 Å². The van der Waals surface area contributed by atoms with E-state index in [1.165, 1.54) is 0 Å². The molecule has 0 radical (unpaired) electrons. The number of hydrogen-bond donors (Lipinski definition) is 2. The first-order chi connectivity index (χ1) is 19.2. The van der Waals surface area contributed by atoms with Crippen molar-refractivity contribution in [2.75, 3.05) is 0 Å². The SMILES string of the molecule is Oc1ccc2c3ccccc3n(-c3ccccc3)c2c1-c1cccc(C=Nc2cccc3cccc(O)c23)n1.[Pt]. The van der Waals surface area contributed by atoms with Crippen molar-refractivity contribution in [2.45, 2.75) is 0 Å². The number of aliphatic imine (C=N–C) groups is 1. The van der Waals surface area contributed by atoms with Gasteiger partial charge in [-0.05, 0) is 60.0 Å². The Labute approximate surface area is 245 Å². The zero-order chi connectivity index (χ0) is 26.3. The fourth-order valence-corrected chi connectivity index (χ4v) is 5.35. The van der Waals surface area contributed by atoms with Crippen LogP contribution >= 0.6 is 0 Å². The molecule has 7 aromatic rings.